The fraction of sp³-hybridized carbons (Fsp3) is 0.250. The van der Waals surface area contributed by atoms with Gasteiger partial charge in [0.25, 0.3) is 5.91 Å². The molecule has 0 bridgehead atoms. The Bertz CT molecular complexity index is 1410. The molecular weight excluding hydrogens is 472 g/mol. The number of nitrogens with one attached hydrogen (secondary N) is 2. The molecule has 1 amide bonds. The van der Waals surface area contributed by atoms with E-state index in [1.165, 1.54) is 0 Å². The van der Waals surface area contributed by atoms with Gasteiger partial charge in [0, 0.05) is 30.8 Å². The Morgan fingerprint density at radius 2 is 2.00 bits per heavy atom. The zero-order valence-electron chi connectivity index (χ0n) is 19.2. The summed E-state index contributed by atoms with van der Waals surface area (Å²) in [6.45, 7) is 3.12. The quantitative estimate of drug-likeness (QED) is 0.358. The minimum absolute atomic E-state index is 0.163. The highest BCUT2D eigenvalue weighted by Gasteiger charge is 2.19. The smallest absolute Gasteiger partial charge is 0.251 e. The van der Waals surface area contributed by atoms with Crippen LogP contribution in [0.15, 0.2) is 42.5 Å². The molecule has 0 saturated carbocycles. The van der Waals surface area contributed by atoms with E-state index in [4.69, 9.17) is 25.8 Å². The number of carbonyl (C=O) groups is 1. The molecule has 5 rings (SSSR count). The number of halogens is 1. The molecule has 2 N–H and O–H groups in total. The summed E-state index contributed by atoms with van der Waals surface area (Å²) >= 11 is 6.19. The lowest BCUT2D eigenvalue weighted by Gasteiger charge is -2.11. The lowest BCUT2D eigenvalue weighted by Crippen LogP contribution is -2.29. The van der Waals surface area contributed by atoms with Gasteiger partial charge in [-0.15, -0.1) is 0 Å². The molecule has 0 unspecified atom stereocenters. The van der Waals surface area contributed by atoms with Crippen LogP contribution in [0.1, 0.15) is 21.9 Å². The first-order chi connectivity index (χ1) is 17.0. The fourth-order valence-corrected chi connectivity index (χ4v) is 4.02. The summed E-state index contributed by atoms with van der Waals surface area (Å²) in [6, 6.07) is 12.5. The lowest BCUT2D eigenvalue weighted by atomic mass is 10.2. The second-order valence-electron chi connectivity index (χ2n) is 7.85. The van der Waals surface area contributed by atoms with Crippen LogP contribution in [-0.4, -0.2) is 52.6 Å². The van der Waals surface area contributed by atoms with Gasteiger partial charge in [-0.05, 0) is 43.3 Å². The van der Waals surface area contributed by atoms with Gasteiger partial charge in [-0.1, -0.05) is 17.7 Å². The van der Waals surface area contributed by atoms with Gasteiger partial charge in [0.05, 0.1) is 16.8 Å². The van der Waals surface area contributed by atoms with E-state index in [2.05, 4.69) is 25.7 Å². The Morgan fingerprint density at radius 3 is 2.83 bits per heavy atom. The summed E-state index contributed by atoms with van der Waals surface area (Å²) in [7, 11) is 1.59. The molecule has 1 aliphatic rings. The van der Waals surface area contributed by atoms with E-state index in [0.29, 0.717) is 52.5 Å². The van der Waals surface area contributed by atoms with Crippen molar-refractivity contribution >= 4 is 34.4 Å². The van der Waals surface area contributed by atoms with E-state index >= 15 is 0 Å². The van der Waals surface area contributed by atoms with Crippen molar-refractivity contribution in [2.45, 2.75) is 13.5 Å². The summed E-state index contributed by atoms with van der Waals surface area (Å²) in [6.07, 6.45) is 0. The molecule has 4 aromatic rings. The molecule has 0 spiro atoms. The Kier molecular flexibility index (Phi) is 6.39. The topological polar surface area (TPSA) is 112 Å². The maximum absolute atomic E-state index is 12.5. The van der Waals surface area contributed by atoms with Crippen LogP contribution in [0.3, 0.4) is 0 Å². The normalized spacial score (nSPS) is 12.2. The summed E-state index contributed by atoms with van der Waals surface area (Å²) < 4.78 is 17.6. The molecule has 0 radical (unpaired) electrons. The van der Waals surface area contributed by atoms with E-state index in [9.17, 15) is 4.79 Å². The molecule has 3 heterocycles. The second-order valence-corrected chi connectivity index (χ2v) is 8.28. The molecule has 0 atom stereocenters. The first-order valence-corrected chi connectivity index (χ1v) is 11.3. The third-order valence-corrected chi connectivity index (χ3v) is 5.65. The predicted molar refractivity (Wildman–Crippen MR) is 131 cm³/mol. The van der Waals surface area contributed by atoms with Gasteiger partial charge in [0.1, 0.15) is 12.4 Å². The molecule has 2 aromatic carbocycles. The van der Waals surface area contributed by atoms with E-state index in [0.717, 1.165) is 16.8 Å². The standard InChI is InChI=1S/C24H23ClN6O4/c1-14-21-22(26-8-9-27-24(32)15-6-7-18-19(10-15)35-13-34-18)28-20(12-33-2)29-23(21)31(30-14)17-5-3-4-16(25)11-17/h3-7,10-11H,8-9,12-13H2,1-2H3,(H,27,32)(H,26,28,29). The van der Waals surface area contributed by atoms with Gasteiger partial charge < -0.3 is 24.8 Å². The number of methoxy groups -OCH3 is 1. The number of amides is 1. The number of benzene rings is 2. The average molecular weight is 495 g/mol. The van der Waals surface area contributed by atoms with Crippen LogP contribution in [0.5, 0.6) is 11.5 Å². The number of aryl methyl sites for hydroxylation is 1. The molecule has 0 fully saturated rings. The zero-order chi connectivity index (χ0) is 24.4. The number of rotatable bonds is 8. The maximum Gasteiger partial charge on any atom is 0.251 e. The number of fused-ring (bicyclic) bond motifs is 2. The van der Waals surface area contributed by atoms with Crippen molar-refractivity contribution in [1.82, 2.24) is 25.1 Å². The van der Waals surface area contributed by atoms with Crippen molar-refractivity contribution in [2.24, 2.45) is 0 Å². The Balaban J connectivity index is 1.34. The van der Waals surface area contributed by atoms with Crippen LogP contribution in [0.4, 0.5) is 5.82 Å². The first kappa shape index (κ1) is 22.9. The van der Waals surface area contributed by atoms with Crippen molar-refractivity contribution in [2.75, 3.05) is 32.3 Å². The third-order valence-electron chi connectivity index (χ3n) is 5.41. The fourth-order valence-electron chi connectivity index (χ4n) is 3.83. The van der Waals surface area contributed by atoms with Crippen molar-refractivity contribution < 1.29 is 19.0 Å². The number of hydrogen-bond acceptors (Lipinski definition) is 8. The SMILES string of the molecule is COCc1nc(NCCNC(=O)c2ccc3c(c2)OCO3)c2c(C)nn(-c3cccc(Cl)c3)c2n1. The van der Waals surface area contributed by atoms with Crippen LogP contribution < -0.4 is 20.1 Å². The van der Waals surface area contributed by atoms with Crippen molar-refractivity contribution in [3.8, 4) is 17.2 Å². The minimum atomic E-state index is -0.206. The van der Waals surface area contributed by atoms with Crippen molar-refractivity contribution in [1.29, 1.82) is 0 Å². The number of anilines is 1. The second kappa shape index (κ2) is 9.77. The third kappa shape index (κ3) is 4.71. The largest absolute Gasteiger partial charge is 0.454 e. The molecular formula is C24H23ClN6O4. The molecule has 2 aromatic heterocycles. The number of hydrogen-bond donors (Lipinski definition) is 2. The van der Waals surface area contributed by atoms with Crippen molar-refractivity contribution in [3.63, 3.8) is 0 Å². The maximum atomic E-state index is 12.5. The van der Waals surface area contributed by atoms with E-state index in [1.54, 1.807) is 36.1 Å². The zero-order valence-corrected chi connectivity index (χ0v) is 19.9. The first-order valence-electron chi connectivity index (χ1n) is 11.0. The van der Waals surface area contributed by atoms with E-state index in [1.807, 2.05) is 25.1 Å². The molecule has 180 valence electrons. The summed E-state index contributed by atoms with van der Waals surface area (Å²) in [4.78, 5) is 21.8. The van der Waals surface area contributed by atoms with Crippen LogP contribution >= 0.6 is 11.6 Å². The van der Waals surface area contributed by atoms with Gasteiger partial charge in [0.2, 0.25) is 6.79 Å². The predicted octanol–water partition coefficient (Wildman–Crippen LogP) is 3.49. The number of ether oxygens (including phenoxy) is 3. The van der Waals surface area contributed by atoms with Gasteiger partial charge >= 0.3 is 0 Å². The van der Waals surface area contributed by atoms with Crippen LogP contribution in [0.25, 0.3) is 16.7 Å². The highest BCUT2D eigenvalue weighted by Crippen LogP contribution is 2.32. The Labute approximate surface area is 206 Å². The monoisotopic (exact) mass is 494 g/mol. The van der Waals surface area contributed by atoms with E-state index in [-0.39, 0.29) is 19.3 Å². The van der Waals surface area contributed by atoms with Gasteiger partial charge in [-0.3, -0.25) is 4.79 Å². The molecule has 0 aliphatic carbocycles. The molecule has 35 heavy (non-hydrogen) atoms. The molecule has 11 heteroatoms. The molecule has 1 aliphatic heterocycles. The Hall–Kier alpha value is -3.89. The lowest BCUT2D eigenvalue weighted by molar-refractivity contribution is 0.0954. The number of aromatic nitrogens is 4. The highest BCUT2D eigenvalue weighted by atomic mass is 35.5. The minimum Gasteiger partial charge on any atom is -0.454 e. The molecule has 0 saturated heterocycles. The highest BCUT2D eigenvalue weighted by molar-refractivity contribution is 6.30. The number of carbonyl (C=O) groups excluding carboxylic acids is 1. The van der Waals surface area contributed by atoms with E-state index < -0.39 is 0 Å². The average Bonchev–Trinajstić information content (AvgIpc) is 3.45. The van der Waals surface area contributed by atoms with Gasteiger partial charge in [-0.25, -0.2) is 14.6 Å². The summed E-state index contributed by atoms with van der Waals surface area (Å²) in [5, 5.41) is 12.3. The molecule has 10 nitrogen and oxygen atoms in total. The van der Waals surface area contributed by atoms with Crippen molar-refractivity contribution in [3.05, 3.63) is 64.6 Å². The van der Waals surface area contributed by atoms with Crippen LogP contribution in [-0.2, 0) is 11.3 Å². The van der Waals surface area contributed by atoms with Gasteiger partial charge in [0.15, 0.2) is 23.0 Å². The summed E-state index contributed by atoms with van der Waals surface area (Å²) in [5.41, 5.74) is 2.69. The number of nitrogens with zero attached hydrogens (tertiary/aromatic N) is 4. The Morgan fingerprint density at radius 1 is 1.14 bits per heavy atom. The van der Waals surface area contributed by atoms with Crippen LogP contribution in [0.2, 0.25) is 5.02 Å². The van der Waals surface area contributed by atoms with Gasteiger partial charge in [-0.2, -0.15) is 5.10 Å². The van der Waals surface area contributed by atoms with Crippen LogP contribution in [0, 0.1) is 6.92 Å². The summed E-state index contributed by atoms with van der Waals surface area (Å²) in [5.74, 6) is 2.12.